The summed E-state index contributed by atoms with van der Waals surface area (Å²) in [5.74, 6) is 0.750. The van der Waals surface area contributed by atoms with Crippen LogP contribution in [0.25, 0.3) is 0 Å². The number of methoxy groups -OCH3 is 1. The molecule has 1 amide bonds. The lowest BCUT2D eigenvalue weighted by Crippen LogP contribution is -2.58. The molecule has 1 aliphatic rings. The summed E-state index contributed by atoms with van der Waals surface area (Å²) in [5.41, 5.74) is 2.00. The minimum absolute atomic E-state index is 0.0431. The van der Waals surface area contributed by atoms with Crippen LogP contribution in [0.15, 0.2) is 42.5 Å². The SMILES string of the molecule is COc1cc(CCO)ccc1OCC(=O)N1C[C@@H](C)N(Cc2ccc(F)cc2)C[C@@H]1C. The maximum atomic E-state index is 13.2. The summed E-state index contributed by atoms with van der Waals surface area (Å²) in [7, 11) is 1.55. The fraction of sp³-hybridized carbons (Fsp3) is 0.458. The number of amides is 1. The molecule has 0 aliphatic carbocycles. The minimum Gasteiger partial charge on any atom is -0.493 e. The van der Waals surface area contributed by atoms with E-state index in [9.17, 15) is 9.18 Å². The van der Waals surface area contributed by atoms with Gasteiger partial charge in [0.2, 0.25) is 0 Å². The van der Waals surface area contributed by atoms with Gasteiger partial charge in [0.15, 0.2) is 18.1 Å². The van der Waals surface area contributed by atoms with Crippen molar-refractivity contribution in [3.63, 3.8) is 0 Å². The molecule has 1 aliphatic heterocycles. The zero-order valence-electron chi connectivity index (χ0n) is 18.4. The number of hydrogen-bond acceptors (Lipinski definition) is 5. The fourth-order valence-electron chi connectivity index (χ4n) is 3.93. The molecule has 2 aromatic rings. The number of nitrogens with zero attached hydrogens (tertiary/aromatic N) is 2. The van der Waals surface area contributed by atoms with Crippen molar-refractivity contribution in [2.45, 2.75) is 38.9 Å². The van der Waals surface area contributed by atoms with Crippen molar-refractivity contribution in [3.8, 4) is 11.5 Å². The van der Waals surface area contributed by atoms with Gasteiger partial charge in [0, 0.05) is 38.3 Å². The van der Waals surface area contributed by atoms with Crippen LogP contribution in [0, 0.1) is 5.82 Å². The van der Waals surface area contributed by atoms with Gasteiger partial charge in [-0.25, -0.2) is 4.39 Å². The second-order valence-electron chi connectivity index (χ2n) is 8.05. The van der Waals surface area contributed by atoms with Crippen molar-refractivity contribution in [2.24, 2.45) is 0 Å². The van der Waals surface area contributed by atoms with Crippen LogP contribution < -0.4 is 9.47 Å². The van der Waals surface area contributed by atoms with Crippen LogP contribution in [-0.2, 0) is 17.8 Å². The van der Waals surface area contributed by atoms with Crippen LogP contribution in [-0.4, -0.2) is 66.3 Å². The lowest BCUT2D eigenvalue weighted by molar-refractivity contribution is -0.139. The molecule has 2 atom stereocenters. The summed E-state index contributed by atoms with van der Waals surface area (Å²) in [4.78, 5) is 17.0. The first kappa shape index (κ1) is 23.0. The van der Waals surface area contributed by atoms with E-state index in [2.05, 4.69) is 11.8 Å². The summed E-state index contributed by atoms with van der Waals surface area (Å²) < 4.78 is 24.3. The Bertz CT molecular complexity index is 874. The molecule has 1 heterocycles. The van der Waals surface area contributed by atoms with Gasteiger partial charge in [-0.2, -0.15) is 0 Å². The van der Waals surface area contributed by atoms with Crippen LogP contribution in [0.4, 0.5) is 4.39 Å². The second kappa shape index (κ2) is 10.6. The van der Waals surface area contributed by atoms with Gasteiger partial charge in [-0.1, -0.05) is 18.2 Å². The number of ether oxygens (including phenoxy) is 2. The molecule has 1 N–H and O–H groups in total. The highest BCUT2D eigenvalue weighted by Crippen LogP contribution is 2.28. The van der Waals surface area contributed by atoms with Gasteiger partial charge in [0.05, 0.1) is 7.11 Å². The monoisotopic (exact) mass is 430 g/mol. The summed E-state index contributed by atoms with van der Waals surface area (Å²) in [6, 6.07) is 12.2. The van der Waals surface area contributed by atoms with E-state index in [-0.39, 0.29) is 37.0 Å². The van der Waals surface area contributed by atoms with Crippen molar-refractivity contribution >= 4 is 5.91 Å². The Morgan fingerprint density at radius 2 is 1.77 bits per heavy atom. The van der Waals surface area contributed by atoms with E-state index >= 15 is 0 Å². The number of piperazine rings is 1. The number of hydrogen-bond donors (Lipinski definition) is 1. The van der Waals surface area contributed by atoms with Crippen LogP contribution in [0.1, 0.15) is 25.0 Å². The van der Waals surface area contributed by atoms with Crippen LogP contribution in [0.2, 0.25) is 0 Å². The standard InChI is InChI=1S/C24H31FN2O4/c1-17-14-27(18(2)13-26(17)15-20-4-7-21(25)8-5-20)24(29)16-31-22-9-6-19(10-11-28)12-23(22)30-3/h4-9,12,17-18,28H,10-11,13-16H2,1-3H3/t17-,18+/m1/s1. The smallest absolute Gasteiger partial charge is 0.260 e. The average Bonchev–Trinajstić information content (AvgIpc) is 2.76. The Labute approximate surface area is 183 Å². The summed E-state index contributed by atoms with van der Waals surface area (Å²) >= 11 is 0. The maximum Gasteiger partial charge on any atom is 0.260 e. The molecular weight excluding hydrogens is 399 g/mol. The van der Waals surface area contributed by atoms with E-state index in [4.69, 9.17) is 14.6 Å². The third kappa shape index (κ3) is 5.95. The zero-order chi connectivity index (χ0) is 22.4. The normalized spacial score (nSPS) is 19.3. The maximum absolute atomic E-state index is 13.2. The minimum atomic E-state index is -0.236. The molecule has 0 saturated carbocycles. The van der Waals surface area contributed by atoms with Crippen LogP contribution in [0.3, 0.4) is 0 Å². The second-order valence-corrected chi connectivity index (χ2v) is 8.05. The molecule has 3 rings (SSSR count). The van der Waals surface area contributed by atoms with Crippen molar-refractivity contribution < 1.29 is 23.8 Å². The van der Waals surface area contributed by atoms with Crippen molar-refractivity contribution in [1.29, 1.82) is 0 Å². The van der Waals surface area contributed by atoms with Crippen LogP contribution >= 0.6 is 0 Å². The zero-order valence-corrected chi connectivity index (χ0v) is 18.4. The molecule has 1 fully saturated rings. The molecule has 7 heteroatoms. The number of carbonyl (C=O) groups is 1. The fourth-order valence-corrected chi connectivity index (χ4v) is 3.93. The van der Waals surface area contributed by atoms with Gasteiger partial charge in [-0.15, -0.1) is 0 Å². The number of rotatable bonds is 8. The van der Waals surface area contributed by atoms with Gasteiger partial charge >= 0.3 is 0 Å². The Morgan fingerprint density at radius 1 is 1.06 bits per heavy atom. The highest BCUT2D eigenvalue weighted by molar-refractivity contribution is 5.78. The van der Waals surface area contributed by atoms with Crippen molar-refractivity contribution in [2.75, 3.05) is 33.4 Å². The highest BCUT2D eigenvalue weighted by Gasteiger charge is 2.32. The molecule has 0 radical (unpaired) electrons. The number of carbonyl (C=O) groups excluding carboxylic acids is 1. The largest absolute Gasteiger partial charge is 0.493 e. The number of benzene rings is 2. The van der Waals surface area contributed by atoms with Crippen LogP contribution in [0.5, 0.6) is 11.5 Å². The van der Waals surface area contributed by atoms with Crippen molar-refractivity contribution in [1.82, 2.24) is 9.80 Å². The highest BCUT2D eigenvalue weighted by atomic mass is 19.1. The van der Waals surface area contributed by atoms with Gasteiger partial charge in [0.1, 0.15) is 5.82 Å². The molecule has 2 aromatic carbocycles. The van der Waals surface area contributed by atoms with Gasteiger partial charge in [-0.3, -0.25) is 9.69 Å². The number of aliphatic hydroxyl groups is 1. The molecule has 0 aromatic heterocycles. The predicted molar refractivity (Wildman–Crippen MR) is 117 cm³/mol. The van der Waals surface area contributed by atoms with E-state index in [1.165, 1.54) is 12.1 Å². The first-order valence-electron chi connectivity index (χ1n) is 10.6. The van der Waals surface area contributed by atoms with Gasteiger partial charge in [0.25, 0.3) is 5.91 Å². The third-order valence-electron chi connectivity index (χ3n) is 5.71. The average molecular weight is 431 g/mol. The first-order chi connectivity index (χ1) is 14.9. The van der Waals surface area contributed by atoms with E-state index in [0.717, 1.165) is 24.2 Å². The molecule has 0 unspecified atom stereocenters. The van der Waals surface area contributed by atoms with E-state index < -0.39 is 0 Å². The molecule has 0 bridgehead atoms. The van der Waals surface area contributed by atoms with Gasteiger partial charge in [-0.05, 0) is 55.7 Å². The molecule has 1 saturated heterocycles. The molecule has 31 heavy (non-hydrogen) atoms. The lowest BCUT2D eigenvalue weighted by atomic mass is 10.1. The first-order valence-corrected chi connectivity index (χ1v) is 10.6. The number of halogens is 1. The lowest BCUT2D eigenvalue weighted by Gasteiger charge is -2.44. The predicted octanol–water partition coefficient (Wildman–Crippen LogP) is 2.87. The quantitative estimate of drug-likeness (QED) is 0.698. The van der Waals surface area contributed by atoms with E-state index in [1.807, 2.05) is 24.0 Å². The van der Waals surface area contributed by atoms with Gasteiger partial charge < -0.3 is 19.5 Å². The molecule has 6 nitrogen and oxygen atoms in total. The third-order valence-corrected chi connectivity index (χ3v) is 5.71. The molecule has 168 valence electrons. The number of aliphatic hydroxyl groups excluding tert-OH is 1. The topological polar surface area (TPSA) is 62.2 Å². The summed E-state index contributed by atoms with van der Waals surface area (Å²) in [6.45, 7) is 6.20. The molecule has 0 spiro atoms. The molecular formula is C24H31FN2O4. The Morgan fingerprint density at radius 3 is 2.45 bits per heavy atom. The Balaban J connectivity index is 1.57. The summed E-state index contributed by atoms with van der Waals surface area (Å²) in [5, 5.41) is 9.09. The van der Waals surface area contributed by atoms with E-state index in [0.29, 0.717) is 24.5 Å². The summed E-state index contributed by atoms with van der Waals surface area (Å²) in [6.07, 6.45) is 0.535. The van der Waals surface area contributed by atoms with Crippen molar-refractivity contribution in [3.05, 3.63) is 59.4 Å². The Hall–Kier alpha value is -2.64. The van der Waals surface area contributed by atoms with E-state index in [1.54, 1.807) is 25.3 Å². The Kier molecular flexibility index (Phi) is 7.87.